The summed E-state index contributed by atoms with van der Waals surface area (Å²) in [6.45, 7) is 1.99. The van der Waals surface area contributed by atoms with Crippen molar-refractivity contribution in [1.82, 2.24) is 5.32 Å². The molecule has 0 aromatic rings. The quantitative estimate of drug-likeness (QED) is 0.661. The van der Waals surface area contributed by atoms with Crippen LogP contribution in [0.25, 0.3) is 0 Å². The number of aliphatic carboxylic acids is 1. The van der Waals surface area contributed by atoms with Crippen LogP contribution in [-0.2, 0) is 9.59 Å². The summed E-state index contributed by atoms with van der Waals surface area (Å²) in [4.78, 5) is 21.7. The molecule has 1 aliphatic carbocycles. The summed E-state index contributed by atoms with van der Waals surface area (Å²) >= 11 is 0. The van der Waals surface area contributed by atoms with E-state index in [2.05, 4.69) is 5.32 Å². The number of amides is 1. The lowest BCUT2D eigenvalue weighted by atomic mass is 10.2. The van der Waals surface area contributed by atoms with E-state index in [1.807, 2.05) is 6.07 Å². The molecule has 1 rings (SSSR count). The topological polar surface area (TPSA) is 90.2 Å². The van der Waals surface area contributed by atoms with Gasteiger partial charge in [0.2, 0.25) is 5.91 Å². The monoisotopic (exact) mass is 196 g/mol. The first kappa shape index (κ1) is 10.5. The van der Waals surface area contributed by atoms with Crippen molar-refractivity contribution in [3.8, 4) is 6.07 Å². The second-order valence-corrected chi connectivity index (χ2v) is 3.56. The molecule has 0 saturated heterocycles. The van der Waals surface area contributed by atoms with E-state index in [9.17, 15) is 9.59 Å². The summed E-state index contributed by atoms with van der Waals surface area (Å²) in [5, 5.41) is 19.6. The molecule has 1 amide bonds. The molecular weight excluding hydrogens is 184 g/mol. The molecule has 76 valence electrons. The molecule has 1 aliphatic rings. The Bertz CT molecular complexity index is 295. The molecule has 0 aromatic heterocycles. The van der Waals surface area contributed by atoms with E-state index in [0.717, 1.165) is 0 Å². The van der Waals surface area contributed by atoms with Crippen molar-refractivity contribution < 1.29 is 14.7 Å². The van der Waals surface area contributed by atoms with E-state index in [4.69, 9.17) is 10.4 Å². The standard InChI is InChI=1S/C9H12N2O3/c1-5(3-10)4-11-8(12)6-2-7(6)9(13)14/h5-7H,2,4H2,1H3,(H,11,12)(H,13,14). The SMILES string of the molecule is CC(C#N)CNC(=O)C1CC1C(=O)O. The Morgan fingerprint density at radius 3 is 2.71 bits per heavy atom. The number of carboxylic acids is 1. The first-order valence-corrected chi connectivity index (χ1v) is 4.46. The van der Waals surface area contributed by atoms with Gasteiger partial charge < -0.3 is 10.4 Å². The van der Waals surface area contributed by atoms with E-state index < -0.39 is 17.8 Å². The lowest BCUT2D eigenvalue weighted by molar-refractivity contribution is -0.140. The number of hydrogen-bond donors (Lipinski definition) is 2. The number of nitrogens with one attached hydrogen (secondary N) is 1. The van der Waals surface area contributed by atoms with E-state index in [1.54, 1.807) is 6.92 Å². The minimum atomic E-state index is -0.918. The van der Waals surface area contributed by atoms with Crippen molar-refractivity contribution in [1.29, 1.82) is 5.26 Å². The molecule has 0 heterocycles. The first-order valence-electron chi connectivity index (χ1n) is 4.46. The van der Waals surface area contributed by atoms with Gasteiger partial charge in [-0.05, 0) is 13.3 Å². The van der Waals surface area contributed by atoms with Crippen molar-refractivity contribution >= 4 is 11.9 Å². The van der Waals surface area contributed by atoms with Crippen molar-refractivity contribution in [3.63, 3.8) is 0 Å². The second kappa shape index (κ2) is 4.09. The molecule has 0 radical (unpaired) electrons. The van der Waals surface area contributed by atoms with Gasteiger partial charge in [0, 0.05) is 6.54 Å². The third-order valence-electron chi connectivity index (χ3n) is 2.25. The van der Waals surface area contributed by atoms with Crippen LogP contribution in [0.3, 0.4) is 0 Å². The summed E-state index contributed by atoms with van der Waals surface area (Å²) in [6.07, 6.45) is 0.419. The fraction of sp³-hybridized carbons (Fsp3) is 0.667. The zero-order chi connectivity index (χ0) is 10.7. The normalized spacial score (nSPS) is 26.0. The van der Waals surface area contributed by atoms with Gasteiger partial charge in [0.1, 0.15) is 0 Å². The molecule has 0 aromatic carbocycles. The smallest absolute Gasteiger partial charge is 0.307 e. The van der Waals surface area contributed by atoms with Crippen LogP contribution in [0.2, 0.25) is 0 Å². The predicted octanol–water partition coefficient (Wildman–Crippen LogP) is -0.0170. The van der Waals surface area contributed by atoms with E-state index in [1.165, 1.54) is 0 Å². The van der Waals surface area contributed by atoms with Gasteiger partial charge in [0.05, 0.1) is 23.8 Å². The average molecular weight is 196 g/mol. The highest BCUT2D eigenvalue weighted by atomic mass is 16.4. The van der Waals surface area contributed by atoms with Crippen LogP contribution in [0.15, 0.2) is 0 Å². The third-order valence-corrected chi connectivity index (χ3v) is 2.25. The maximum Gasteiger partial charge on any atom is 0.307 e. The Balaban J connectivity index is 2.26. The van der Waals surface area contributed by atoms with Gasteiger partial charge in [-0.15, -0.1) is 0 Å². The highest BCUT2D eigenvalue weighted by Crippen LogP contribution is 2.38. The van der Waals surface area contributed by atoms with Gasteiger partial charge in [-0.3, -0.25) is 9.59 Å². The highest BCUT2D eigenvalue weighted by Gasteiger charge is 2.48. The zero-order valence-electron chi connectivity index (χ0n) is 7.86. The molecule has 0 spiro atoms. The molecular formula is C9H12N2O3. The molecule has 2 N–H and O–H groups in total. The minimum absolute atomic E-state index is 0.235. The zero-order valence-corrected chi connectivity index (χ0v) is 7.86. The summed E-state index contributed by atoms with van der Waals surface area (Å²) in [6, 6.07) is 1.98. The van der Waals surface area contributed by atoms with Crippen LogP contribution >= 0.6 is 0 Å². The van der Waals surface area contributed by atoms with Gasteiger partial charge in [-0.25, -0.2) is 0 Å². The Morgan fingerprint density at radius 1 is 1.64 bits per heavy atom. The molecule has 5 heteroatoms. The third kappa shape index (κ3) is 2.46. The van der Waals surface area contributed by atoms with Crippen molar-refractivity contribution in [2.24, 2.45) is 17.8 Å². The number of nitriles is 1. The maximum absolute atomic E-state index is 11.3. The van der Waals surface area contributed by atoms with Crippen LogP contribution in [-0.4, -0.2) is 23.5 Å². The van der Waals surface area contributed by atoms with Crippen LogP contribution < -0.4 is 5.32 Å². The molecule has 1 fully saturated rings. The van der Waals surface area contributed by atoms with E-state index >= 15 is 0 Å². The fourth-order valence-corrected chi connectivity index (χ4v) is 1.19. The number of hydrogen-bond acceptors (Lipinski definition) is 3. The minimum Gasteiger partial charge on any atom is -0.481 e. The van der Waals surface area contributed by atoms with Gasteiger partial charge >= 0.3 is 5.97 Å². The lowest BCUT2D eigenvalue weighted by Crippen LogP contribution is -2.30. The van der Waals surface area contributed by atoms with E-state index in [-0.39, 0.29) is 18.4 Å². The Morgan fingerprint density at radius 2 is 2.29 bits per heavy atom. The second-order valence-electron chi connectivity index (χ2n) is 3.56. The molecule has 0 aliphatic heterocycles. The molecule has 5 nitrogen and oxygen atoms in total. The summed E-state index contributed by atoms with van der Waals surface area (Å²) in [5.41, 5.74) is 0. The van der Waals surface area contributed by atoms with Crippen molar-refractivity contribution in [2.75, 3.05) is 6.54 Å². The Labute approximate surface area is 81.7 Å². The number of carbonyl (C=O) groups excluding carboxylic acids is 1. The maximum atomic E-state index is 11.3. The number of nitrogens with zero attached hydrogens (tertiary/aromatic N) is 1. The predicted molar refractivity (Wildman–Crippen MR) is 47.0 cm³/mol. The van der Waals surface area contributed by atoms with Crippen molar-refractivity contribution in [2.45, 2.75) is 13.3 Å². The van der Waals surface area contributed by atoms with Crippen LogP contribution in [0.1, 0.15) is 13.3 Å². The summed E-state index contributed by atoms with van der Waals surface area (Å²) in [5.74, 6) is -2.32. The lowest BCUT2D eigenvalue weighted by Gasteiger charge is -2.04. The largest absolute Gasteiger partial charge is 0.481 e. The molecule has 3 atom stereocenters. The summed E-state index contributed by atoms with van der Waals surface area (Å²) in [7, 11) is 0. The van der Waals surface area contributed by atoms with Crippen LogP contribution in [0.5, 0.6) is 0 Å². The highest BCUT2D eigenvalue weighted by molar-refractivity contribution is 5.89. The van der Waals surface area contributed by atoms with E-state index in [0.29, 0.717) is 6.42 Å². The Hall–Kier alpha value is -1.57. The molecule has 0 bridgehead atoms. The van der Waals surface area contributed by atoms with Crippen LogP contribution in [0.4, 0.5) is 0 Å². The Kier molecular flexibility index (Phi) is 3.07. The van der Waals surface area contributed by atoms with Gasteiger partial charge in [0.25, 0.3) is 0 Å². The van der Waals surface area contributed by atoms with Gasteiger partial charge in [-0.1, -0.05) is 0 Å². The molecule has 14 heavy (non-hydrogen) atoms. The molecule has 3 unspecified atom stereocenters. The number of carboxylic acid groups (broad SMARTS) is 1. The van der Waals surface area contributed by atoms with Crippen LogP contribution in [0, 0.1) is 29.1 Å². The number of rotatable bonds is 4. The fourth-order valence-electron chi connectivity index (χ4n) is 1.19. The van der Waals surface area contributed by atoms with Gasteiger partial charge in [-0.2, -0.15) is 5.26 Å². The average Bonchev–Trinajstić information content (AvgIpc) is 2.92. The van der Waals surface area contributed by atoms with Gasteiger partial charge in [0.15, 0.2) is 0 Å². The first-order chi connectivity index (χ1) is 6.56. The summed E-state index contributed by atoms with van der Waals surface area (Å²) < 4.78 is 0. The van der Waals surface area contributed by atoms with Crippen molar-refractivity contribution in [3.05, 3.63) is 0 Å². The molecule has 1 saturated carbocycles. The number of carbonyl (C=O) groups is 2.